The van der Waals surface area contributed by atoms with Gasteiger partial charge < -0.3 is 14.5 Å². The van der Waals surface area contributed by atoms with Gasteiger partial charge in [-0.05, 0) is 73.9 Å². The SMILES string of the molecule is CN(C)C(=O)c1ccc(-c2ccc(OCC3CCN(CC4(C)CCC4)CC3)nc2)cc1. The summed E-state index contributed by atoms with van der Waals surface area (Å²) in [5.41, 5.74) is 3.34. The standard InChI is InChI=1S/C26H35N3O2/c1-26(13-4-14-26)19-29-15-11-20(12-16-29)18-31-24-10-9-23(17-27-24)21-5-7-22(8-6-21)25(30)28(2)3/h5-10,17,20H,4,11-16,18-19H2,1-3H3. The van der Waals surface area contributed by atoms with E-state index in [1.807, 2.05) is 42.6 Å². The van der Waals surface area contributed by atoms with Crippen molar-refractivity contribution in [2.45, 2.75) is 39.0 Å². The molecule has 0 bridgehead atoms. The topological polar surface area (TPSA) is 45.7 Å². The molecule has 4 rings (SSSR count). The van der Waals surface area contributed by atoms with Gasteiger partial charge in [-0.2, -0.15) is 0 Å². The van der Waals surface area contributed by atoms with Crippen molar-refractivity contribution < 1.29 is 9.53 Å². The Labute approximate surface area is 186 Å². The van der Waals surface area contributed by atoms with E-state index >= 15 is 0 Å². The molecule has 2 aromatic rings. The zero-order valence-corrected chi connectivity index (χ0v) is 19.1. The van der Waals surface area contributed by atoms with E-state index in [1.165, 1.54) is 51.7 Å². The first-order valence-corrected chi connectivity index (χ1v) is 11.6. The highest BCUT2D eigenvalue weighted by molar-refractivity contribution is 5.94. The normalized spacial score (nSPS) is 18.9. The van der Waals surface area contributed by atoms with Gasteiger partial charge in [0.05, 0.1) is 6.61 Å². The Kier molecular flexibility index (Phi) is 6.61. The zero-order valence-electron chi connectivity index (χ0n) is 19.1. The lowest BCUT2D eigenvalue weighted by Gasteiger charge is -2.44. The summed E-state index contributed by atoms with van der Waals surface area (Å²) in [5, 5.41) is 0. The predicted molar refractivity (Wildman–Crippen MR) is 124 cm³/mol. The molecule has 0 atom stereocenters. The molecule has 0 radical (unpaired) electrons. The summed E-state index contributed by atoms with van der Waals surface area (Å²) >= 11 is 0. The molecule has 166 valence electrons. The first kappa shape index (κ1) is 21.8. The van der Waals surface area contributed by atoms with Crippen LogP contribution in [0.5, 0.6) is 5.88 Å². The maximum absolute atomic E-state index is 12.0. The van der Waals surface area contributed by atoms with Crippen molar-refractivity contribution in [3.8, 4) is 17.0 Å². The summed E-state index contributed by atoms with van der Waals surface area (Å²) < 4.78 is 6.00. The molecule has 1 aromatic heterocycles. The van der Waals surface area contributed by atoms with E-state index in [9.17, 15) is 4.79 Å². The first-order valence-electron chi connectivity index (χ1n) is 11.6. The first-order chi connectivity index (χ1) is 14.9. The van der Waals surface area contributed by atoms with Crippen LogP contribution in [-0.2, 0) is 0 Å². The molecule has 0 spiro atoms. The molecule has 1 aromatic carbocycles. The number of pyridine rings is 1. The van der Waals surface area contributed by atoms with Crippen LogP contribution in [0.15, 0.2) is 42.6 Å². The fourth-order valence-electron chi connectivity index (χ4n) is 4.69. The van der Waals surface area contributed by atoms with Crippen molar-refractivity contribution in [2.75, 3.05) is 40.3 Å². The van der Waals surface area contributed by atoms with Crippen LogP contribution < -0.4 is 4.74 Å². The fourth-order valence-corrected chi connectivity index (χ4v) is 4.69. The number of hydrogen-bond acceptors (Lipinski definition) is 4. The molecule has 0 N–H and O–H groups in total. The van der Waals surface area contributed by atoms with E-state index in [2.05, 4.69) is 16.8 Å². The average Bonchev–Trinajstić information content (AvgIpc) is 2.77. The Morgan fingerprint density at radius 3 is 2.32 bits per heavy atom. The van der Waals surface area contributed by atoms with Gasteiger partial charge in [0.2, 0.25) is 5.88 Å². The molecule has 2 aliphatic rings. The third-order valence-corrected chi connectivity index (χ3v) is 6.95. The third-order valence-electron chi connectivity index (χ3n) is 6.95. The summed E-state index contributed by atoms with van der Waals surface area (Å²) in [4.78, 5) is 20.8. The summed E-state index contributed by atoms with van der Waals surface area (Å²) in [5.74, 6) is 1.32. The van der Waals surface area contributed by atoms with Crippen LogP contribution in [0.3, 0.4) is 0 Å². The highest BCUT2D eigenvalue weighted by Crippen LogP contribution is 2.41. The minimum Gasteiger partial charge on any atom is -0.477 e. The van der Waals surface area contributed by atoms with Gasteiger partial charge in [-0.25, -0.2) is 4.98 Å². The predicted octanol–water partition coefficient (Wildman–Crippen LogP) is 4.73. The van der Waals surface area contributed by atoms with Crippen molar-refractivity contribution in [3.05, 3.63) is 48.2 Å². The second-order valence-corrected chi connectivity index (χ2v) is 9.86. The van der Waals surface area contributed by atoms with Gasteiger partial charge in [0, 0.05) is 44.0 Å². The number of likely N-dealkylation sites (tertiary alicyclic amines) is 1. The molecular weight excluding hydrogens is 386 g/mol. The van der Waals surface area contributed by atoms with E-state index in [0.29, 0.717) is 22.8 Å². The molecule has 5 heteroatoms. The quantitative estimate of drug-likeness (QED) is 0.648. The lowest BCUT2D eigenvalue weighted by Crippen LogP contribution is -2.44. The van der Waals surface area contributed by atoms with Crippen LogP contribution >= 0.6 is 0 Å². The number of carbonyl (C=O) groups excluding carboxylic acids is 1. The Balaban J connectivity index is 1.24. The molecule has 1 aliphatic carbocycles. The Hall–Kier alpha value is -2.40. The molecule has 1 amide bonds. The second kappa shape index (κ2) is 9.39. The zero-order chi connectivity index (χ0) is 21.8. The largest absolute Gasteiger partial charge is 0.477 e. The maximum atomic E-state index is 12.0. The molecule has 1 saturated carbocycles. The van der Waals surface area contributed by atoms with Gasteiger partial charge in [-0.3, -0.25) is 4.79 Å². The fraction of sp³-hybridized carbons (Fsp3) is 0.538. The number of hydrogen-bond donors (Lipinski definition) is 0. The number of carbonyl (C=O) groups is 1. The molecule has 1 aliphatic heterocycles. The van der Waals surface area contributed by atoms with Gasteiger partial charge in [0.15, 0.2) is 0 Å². The Morgan fingerprint density at radius 2 is 1.77 bits per heavy atom. The van der Waals surface area contributed by atoms with Crippen LogP contribution in [0, 0.1) is 11.3 Å². The molecule has 0 unspecified atom stereocenters. The van der Waals surface area contributed by atoms with Crippen molar-refractivity contribution in [2.24, 2.45) is 11.3 Å². The van der Waals surface area contributed by atoms with Crippen LogP contribution in [0.4, 0.5) is 0 Å². The lowest BCUT2D eigenvalue weighted by atomic mass is 9.70. The molecule has 2 fully saturated rings. The van der Waals surface area contributed by atoms with Crippen molar-refractivity contribution >= 4 is 5.91 Å². The lowest BCUT2D eigenvalue weighted by molar-refractivity contribution is 0.0561. The van der Waals surface area contributed by atoms with E-state index in [0.717, 1.165) is 17.7 Å². The molecular formula is C26H35N3O2. The van der Waals surface area contributed by atoms with E-state index in [1.54, 1.807) is 19.0 Å². The number of rotatable bonds is 7. The van der Waals surface area contributed by atoms with E-state index in [-0.39, 0.29) is 5.91 Å². The Morgan fingerprint density at radius 1 is 1.10 bits per heavy atom. The molecule has 31 heavy (non-hydrogen) atoms. The maximum Gasteiger partial charge on any atom is 0.253 e. The second-order valence-electron chi connectivity index (χ2n) is 9.86. The molecule has 5 nitrogen and oxygen atoms in total. The van der Waals surface area contributed by atoms with Crippen LogP contribution in [0.2, 0.25) is 0 Å². The Bertz CT molecular complexity index is 865. The van der Waals surface area contributed by atoms with Crippen LogP contribution in [-0.4, -0.2) is 61.0 Å². The van der Waals surface area contributed by atoms with E-state index in [4.69, 9.17) is 4.74 Å². The van der Waals surface area contributed by atoms with Crippen molar-refractivity contribution in [3.63, 3.8) is 0 Å². The minimum atomic E-state index is 0.0106. The van der Waals surface area contributed by atoms with Gasteiger partial charge in [-0.1, -0.05) is 25.5 Å². The number of piperidine rings is 1. The highest BCUT2D eigenvalue weighted by atomic mass is 16.5. The molecule has 1 saturated heterocycles. The van der Waals surface area contributed by atoms with Gasteiger partial charge in [0.1, 0.15) is 0 Å². The smallest absolute Gasteiger partial charge is 0.253 e. The van der Waals surface area contributed by atoms with Crippen molar-refractivity contribution in [1.82, 2.24) is 14.8 Å². The number of aromatic nitrogens is 1. The van der Waals surface area contributed by atoms with Gasteiger partial charge in [-0.15, -0.1) is 0 Å². The minimum absolute atomic E-state index is 0.0106. The summed E-state index contributed by atoms with van der Waals surface area (Å²) in [7, 11) is 3.52. The highest BCUT2D eigenvalue weighted by Gasteiger charge is 2.34. The van der Waals surface area contributed by atoms with E-state index < -0.39 is 0 Å². The van der Waals surface area contributed by atoms with Crippen LogP contribution in [0.1, 0.15) is 49.4 Å². The molecule has 2 heterocycles. The number of nitrogens with zero attached hydrogens (tertiary/aromatic N) is 3. The number of benzene rings is 1. The van der Waals surface area contributed by atoms with Crippen molar-refractivity contribution in [1.29, 1.82) is 0 Å². The monoisotopic (exact) mass is 421 g/mol. The average molecular weight is 422 g/mol. The summed E-state index contributed by atoms with van der Waals surface area (Å²) in [6, 6.07) is 11.6. The van der Waals surface area contributed by atoms with Gasteiger partial charge in [0.25, 0.3) is 5.91 Å². The number of ether oxygens (including phenoxy) is 1. The summed E-state index contributed by atoms with van der Waals surface area (Å²) in [6.45, 7) is 6.86. The summed E-state index contributed by atoms with van der Waals surface area (Å²) in [6.07, 6.45) is 8.48. The number of amides is 1. The third kappa shape index (κ3) is 5.45. The van der Waals surface area contributed by atoms with Gasteiger partial charge >= 0.3 is 0 Å². The van der Waals surface area contributed by atoms with Crippen LogP contribution in [0.25, 0.3) is 11.1 Å².